The van der Waals surface area contributed by atoms with Gasteiger partial charge in [0, 0.05) is 25.8 Å². The molecule has 28 heavy (non-hydrogen) atoms. The lowest BCUT2D eigenvalue weighted by molar-refractivity contribution is 0.122. The first-order valence-electron chi connectivity index (χ1n) is 9.48. The van der Waals surface area contributed by atoms with Crippen LogP contribution in [0.3, 0.4) is 0 Å². The van der Waals surface area contributed by atoms with E-state index in [1.165, 1.54) is 4.31 Å². The van der Waals surface area contributed by atoms with E-state index in [1.807, 2.05) is 13.1 Å². The summed E-state index contributed by atoms with van der Waals surface area (Å²) in [5.41, 5.74) is 1.78. The maximum Gasteiger partial charge on any atom is 0.243 e. The van der Waals surface area contributed by atoms with Crippen molar-refractivity contribution in [3.05, 3.63) is 41.7 Å². The summed E-state index contributed by atoms with van der Waals surface area (Å²) < 4.78 is 38.4. The second kappa shape index (κ2) is 8.02. The van der Waals surface area contributed by atoms with Gasteiger partial charge in [0.15, 0.2) is 0 Å². The second-order valence-electron chi connectivity index (χ2n) is 6.73. The molecular formula is C19H24N4O4S. The Hall–Kier alpha value is -2.23. The van der Waals surface area contributed by atoms with Crippen molar-refractivity contribution in [2.75, 3.05) is 44.4 Å². The zero-order chi connectivity index (χ0) is 19.6. The Balaban J connectivity index is 1.55. The van der Waals surface area contributed by atoms with E-state index in [1.54, 1.807) is 24.3 Å². The van der Waals surface area contributed by atoms with E-state index in [9.17, 15) is 8.42 Å². The number of benzene rings is 1. The number of rotatable bonds is 5. The van der Waals surface area contributed by atoms with E-state index >= 15 is 0 Å². The van der Waals surface area contributed by atoms with Crippen LogP contribution >= 0.6 is 0 Å². The number of nitrogens with zero attached hydrogens (tertiary/aromatic N) is 4. The average Bonchev–Trinajstić information content (AvgIpc) is 2.74. The molecule has 1 aromatic heterocycles. The van der Waals surface area contributed by atoms with Crippen molar-refractivity contribution in [3.63, 3.8) is 0 Å². The van der Waals surface area contributed by atoms with Gasteiger partial charge in [-0.05, 0) is 43.2 Å². The Morgan fingerprint density at radius 2 is 1.89 bits per heavy atom. The smallest absolute Gasteiger partial charge is 0.243 e. The molecule has 4 rings (SSSR count). The monoisotopic (exact) mass is 404 g/mol. The van der Waals surface area contributed by atoms with Crippen LogP contribution in [0.5, 0.6) is 5.75 Å². The largest absolute Gasteiger partial charge is 0.494 e. The summed E-state index contributed by atoms with van der Waals surface area (Å²) in [7, 11) is -3.59. The Morgan fingerprint density at radius 1 is 1.14 bits per heavy atom. The molecule has 2 aliphatic rings. The van der Waals surface area contributed by atoms with Crippen LogP contribution in [0.15, 0.2) is 35.4 Å². The number of hydrogen-bond acceptors (Lipinski definition) is 7. The molecule has 0 saturated carbocycles. The topological polar surface area (TPSA) is 84.9 Å². The zero-order valence-electron chi connectivity index (χ0n) is 15.9. The molecule has 0 atom stereocenters. The fourth-order valence-corrected chi connectivity index (χ4v) is 4.82. The molecule has 9 heteroatoms. The van der Waals surface area contributed by atoms with Crippen LogP contribution in [-0.2, 0) is 27.7 Å². The molecule has 0 radical (unpaired) electrons. The molecular weight excluding hydrogens is 380 g/mol. The molecule has 0 amide bonds. The lowest BCUT2D eigenvalue weighted by atomic mass is 10.1. The second-order valence-corrected chi connectivity index (χ2v) is 8.67. The van der Waals surface area contributed by atoms with E-state index in [0.29, 0.717) is 44.5 Å². The van der Waals surface area contributed by atoms with E-state index in [0.717, 1.165) is 24.3 Å². The summed E-state index contributed by atoms with van der Waals surface area (Å²) in [4.78, 5) is 11.5. The van der Waals surface area contributed by atoms with Gasteiger partial charge in [-0.25, -0.2) is 18.4 Å². The van der Waals surface area contributed by atoms with Gasteiger partial charge in [-0.1, -0.05) is 0 Å². The van der Waals surface area contributed by atoms with Crippen LogP contribution in [0.4, 0.5) is 5.95 Å². The summed E-state index contributed by atoms with van der Waals surface area (Å²) in [6.45, 7) is 5.90. The fourth-order valence-electron chi connectivity index (χ4n) is 3.41. The lowest BCUT2D eigenvalue weighted by Crippen LogP contribution is -2.39. The summed E-state index contributed by atoms with van der Waals surface area (Å²) in [6, 6.07) is 6.56. The number of anilines is 1. The average molecular weight is 404 g/mol. The number of sulfonamides is 1. The van der Waals surface area contributed by atoms with Crippen LogP contribution < -0.4 is 9.64 Å². The number of morpholine rings is 1. The molecule has 1 aromatic carbocycles. The molecule has 3 heterocycles. The van der Waals surface area contributed by atoms with E-state index in [2.05, 4.69) is 14.9 Å². The maximum absolute atomic E-state index is 13.1. The minimum absolute atomic E-state index is 0.255. The molecule has 2 aliphatic heterocycles. The normalized spacial score (nSPS) is 18.0. The van der Waals surface area contributed by atoms with Gasteiger partial charge in [-0.2, -0.15) is 4.31 Å². The molecule has 1 fully saturated rings. The Morgan fingerprint density at radius 3 is 2.61 bits per heavy atom. The zero-order valence-corrected chi connectivity index (χ0v) is 16.7. The molecule has 0 N–H and O–H groups in total. The standard InChI is InChI=1S/C19H24N4O4S/c1-2-27-16-3-5-17(6-4-16)28(24,25)23-8-7-15-13-20-19(21-18(15)14-23)22-9-11-26-12-10-22/h3-6,13H,2,7-12,14H2,1H3. The van der Waals surface area contributed by atoms with Crippen LogP contribution in [0.25, 0.3) is 0 Å². The van der Waals surface area contributed by atoms with Crippen LogP contribution in [0, 0.1) is 0 Å². The van der Waals surface area contributed by atoms with Crippen molar-refractivity contribution in [3.8, 4) is 5.75 Å². The van der Waals surface area contributed by atoms with Crippen LogP contribution in [0.2, 0.25) is 0 Å². The quantitative estimate of drug-likeness (QED) is 0.746. The van der Waals surface area contributed by atoms with Crippen LogP contribution in [0.1, 0.15) is 18.2 Å². The minimum atomic E-state index is -3.59. The van der Waals surface area contributed by atoms with Crippen molar-refractivity contribution < 1.29 is 17.9 Å². The molecule has 2 aromatic rings. The fraction of sp³-hybridized carbons (Fsp3) is 0.474. The molecule has 1 saturated heterocycles. The van der Waals surface area contributed by atoms with Gasteiger partial charge in [0.1, 0.15) is 5.75 Å². The van der Waals surface area contributed by atoms with Gasteiger partial charge in [-0.15, -0.1) is 0 Å². The predicted octanol–water partition coefficient (Wildman–Crippen LogP) is 1.46. The van der Waals surface area contributed by atoms with Crippen LogP contribution in [-0.4, -0.2) is 62.1 Å². The van der Waals surface area contributed by atoms with Gasteiger partial charge in [0.25, 0.3) is 0 Å². The number of fused-ring (bicyclic) bond motifs is 1. The third-order valence-corrected chi connectivity index (χ3v) is 6.82. The van der Waals surface area contributed by atoms with E-state index in [4.69, 9.17) is 9.47 Å². The van der Waals surface area contributed by atoms with Crippen molar-refractivity contribution in [1.82, 2.24) is 14.3 Å². The molecule has 0 aliphatic carbocycles. The van der Waals surface area contributed by atoms with Crippen molar-refractivity contribution in [2.45, 2.75) is 24.8 Å². The highest BCUT2D eigenvalue weighted by atomic mass is 32.2. The Labute approximate surface area is 165 Å². The van der Waals surface area contributed by atoms with Gasteiger partial charge in [-0.3, -0.25) is 0 Å². The van der Waals surface area contributed by atoms with Crippen molar-refractivity contribution in [1.29, 1.82) is 0 Å². The molecule has 0 bridgehead atoms. The van der Waals surface area contributed by atoms with Crippen molar-refractivity contribution in [2.24, 2.45) is 0 Å². The first-order valence-corrected chi connectivity index (χ1v) is 10.9. The molecule has 0 spiro atoms. The van der Waals surface area contributed by atoms with Gasteiger partial charge in [0.05, 0.1) is 37.0 Å². The van der Waals surface area contributed by atoms with E-state index < -0.39 is 10.0 Å². The highest BCUT2D eigenvalue weighted by Crippen LogP contribution is 2.26. The van der Waals surface area contributed by atoms with Gasteiger partial charge < -0.3 is 14.4 Å². The first kappa shape index (κ1) is 19.1. The summed E-state index contributed by atoms with van der Waals surface area (Å²) >= 11 is 0. The highest BCUT2D eigenvalue weighted by molar-refractivity contribution is 7.89. The summed E-state index contributed by atoms with van der Waals surface area (Å²) in [6.07, 6.45) is 2.43. The SMILES string of the molecule is CCOc1ccc(S(=O)(=O)N2CCc3cnc(N4CCOCC4)nc3C2)cc1. The molecule has 0 unspecified atom stereocenters. The third kappa shape index (κ3) is 3.82. The minimum Gasteiger partial charge on any atom is -0.494 e. The summed E-state index contributed by atoms with van der Waals surface area (Å²) in [5.74, 6) is 1.30. The van der Waals surface area contributed by atoms with Crippen molar-refractivity contribution >= 4 is 16.0 Å². The lowest BCUT2D eigenvalue weighted by Gasteiger charge is -2.30. The number of aromatic nitrogens is 2. The van der Waals surface area contributed by atoms with Gasteiger partial charge in [0.2, 0.25) is 16.0 Å². The third-order valence-electron chi connectivity index (χ3n) is 4.96. The van der Waals surface area contributed by atoms with E-state index in [-0.39, 0.29) is 11.4 Å². The summed E-state index contributed by atoms with van der Waals surface area (Å²) in [5, 5.41) is 0. The Bertz CT molecular complexity index is 927. The predicted molar refractivity (Wildman–Crippen MR) is 104 cm³/mol. The Kier molecular flexibility index (Phi) is 5.47. The molecule has 150 valence electrons. The number of ether oxygens (including phenoxy) is 2. The van der Waals surface area contributed by atoms with Gasteiger partial charge >= 0.3 is 0 Å². The highest BCUT2D eigenvalue weighted by Gasteiger charge is 2.30. The maximum atomic E-state index is 13.1. The number of hydrogen-bond donors (Lipinski definition) is 0. The first-order chi connectivity index (χ1) is 13.6. The molecule has 8 nitrogen and oxygen atoms in total.